The van der Waals surface area contributed by atoms with Crippen molar-refractivity contribution in [2.45, 2.75) is 19.8 Å². The fraction of sp³-hybridized carbons (Fsp3) is 0.500. The summed E-state index contributed by atoms with van der Waals surface area (Å²) in [5, 5.41) is 0. The van der Waals surface area contributed by atoms with Gasteiger partial charge in [-0.1, -0.05) is 12.1 Å². The van der Waals surface area contributed by atoms with Gasteiger partial charge in [0.25, 0.3) is 0 Å². The molecule has 0 spiro atoms. The van der Waals surface area contributed by atoms with Crippen LogP contribution in [0, 0.1) is 5.92 Å². The number of carbonyl (C=O) groups excluding carboxylic acids is 1. The SMILES string of the molecule is CC(=O)c1cccc(N2CCC(CON)CC2)c1. The van der Waals surface area contributed by atoms with E-state index in [0.717, 1.165) is 37.2 Å². The van der Waals surface area contributed by atoms with Gasteiger partial charge in [-0.05, 0) is 37.8 Å². The highest BCUT2D eigenvalue weighted by atomic mass is 16.6. The van der Waals surface area contributed by atoms with E-state index in [1.54, 1.807) is 6.92 Å². The lowest BCUT2D eigenvalue weighted by atomic mass is 9.97. The van der Waals surface area contributed by atoms with Crippen molar-refractivity contribution < 1.29 is 9.63 Å². The third kappa shape index (κ3) is 3.09. The second kappa shape index (κ2) is 5.98. The molecule has 1 saturated heterocycles. The molecule has 0 amide bonds. The molecule has 2 N–H and O–H groups in total. The van der Waals surface area contributed by atoms with Crippen LogP contribution in [0.5, 0.6) is 0 Å². The normalized spacial score (nSPS) is 16.9. The summed E-state index contributed by atoms with van der Waals surface area (Å²) in [5.74, 6) is 5.78. The first-order valence-electron chi connectivity index (χ1n) is 6.38. The lowest BCUT2D eigenvalue weighted by molar-refractivity contribution is 0.0918. The summed E-state index contributed by atoms with van der Waals surface area (Å²) in [7, 11) is 0. The molecular formula is C14H20N2O2. The van der Waals surface area contributed by atoms with Crippen LogP contribution in [0.3, 0.4) is 0 Å². The second-order valence-electron chi connectivity index (χ2n) is 4.87. The minimum absolute atomic E-state index is 0.114. The third-order valence-electron chi connectivity index (χ3n) is 3.56. The molecule has 1 aromatic carbocycles. The van der Waals surface area contributed by atoms with E-state index in [1.807, 2.05) is 18.2 Å². The highest BCUT2D eigenvalue weighted by Gasteiger charge is 2.19. The summed E-state index contributed by atoms with van der Waals surface area (Å²) in [6, 6.07) is 7.84. The third-order valence-corrected chi connectivity index (χ3v) is 3.56. The number of piperidine rings is 1. The molecule has 0 saturated carbocycles. The zero-order valence-electron chi connectivity index (χ0n) is 10.8. The predicted octanol–water partition coefficient (Wildman–Crippen LogP) is 2.00. The van der Waals surface area contributed by atoms with E-state index in [-0.39, 0.29) is 5.78 Å². The number of hydrogen-bond acceptors (Lipinski definition) is 4. The molecule has 4 nitrogen and oxygen atoms in total. The number of anilines is 1. The molecule has 98 valence electrons. The summed E-state index contributed by atoms with van der Waals surface area (Å²) in [5.41, 5.74) is 1.91. The van der Waals surface area contributed by atoms with Gasteiger partial charge in [-0.3, -0.25) is 4.79 Å². The first kappa shape index (κ1) is 13.1. The molecule has 18 heavy (non-hydrogen) atoms. The van der Waals surface area contributed by atoms with Crippen LogP contribution in [-0.4, -0.2) is 25.5 Å². The van der Waals surface area contributed by atoms with E-state index in [1.165, 1.54) is 0 Å². The summed E-state index contributed by atoms with van der Waals surface area (Å²) < 4.78 is 0. The molecule has 1 fully saturated rings. The van der Waals surface area contributed by atoms with Crippen LogP contribution < -0.4 is 10.8 Å². The van der Waals surface area contributed by atoms with Crippen molar-refractivity contribution in [3.8, 4) is 0 Å². The fourth-order valence-corrected chi connectivity index (χ4v) is 2.42. The van der Waals surface area contributed by atoms with Crippen LogP contribution in [0.25, 0.3) is 0 Å². The molecule has 0 unspecified atom stereocenters. The Bertz CT molecular complexity index is 412. The minimum atomic E-state index is 0.114. The van der Waals surface area contributed by atoms with Crippen LogP contribution in [0.2, 0.25) is 0 Å². The highest BCUT2D eigenvalue weighted by molar-refractivity contribution is 5.94. The maximum Gasteiger partial charge on any atom is 0.159 e. The second-order valence-corrected chi connectivity index (χ2v) is 4.87. The summed E-state index contributed by atoms with van der Waals surface area (Å²) >= 11 is 0. The van der Waals surface area contributed by atoms with Gasteiger partial charge < -0.3 is 9.74 Å². The van der Waals surface area contributed by atoms with Gasteiger partial charge >= 0.3 is 0 Å². The molecule has 4 heteroatoms. The number of hydrogen-bond donors (Lipinski definition) is 1. The van der Waals surface area contributed by atoms with Gasteiger partial charge in [-0.2, -0.15) is 0 Å². The maximum atomic E-state index is 11.4. The Balaban J connectivity index is 2.01. The van der Waals surface area contributed by atoms with Crippen LogP contribution in [0.4, 0.5) is 5.69 Å². The van der Waals surface area contributed by atoms with Crippen LogP contribution in [0.15, 0.2) is 24.3 Å². The summed E-state index contributed by atoms with van der Waals surface area (Å²) in [4.78, 5) is 18.4. The summed E-state index contributed by atoms with van der Waals surface area (Å²) in [6.07, 6.45) is 2.17. The standard InChI is InChI=1S/C14H20N2O2/c1-11(17)13-3-2-4-14(9-13)16-7-5-12(6-8-16)10-18-15/h2-4,9,12H,5-8,10,15H2,1H3. The van der Waals surface area contributed by atoms with Crippen molar-refractivity contribution in [2.75, 3.05) is 24.6 Å². The van der Waals surface area contributed by atoms with Crippen molar-refractivity contribution in [2.24, 2.45) is 11.8 Å². The number of nitrogens with zero attached hydrogens (tertiary/aromatic N) is 1. The number of Topliss-reactive ketones (excluding diaryl/α,β-unsaturated/α-hetero) is 1. The van der Waals surface area contributed by atoms with E-state index in [9.17, 15) is 4.79 Å². The van der Waals surface area contributed by atoms with Crippen LogP contribution >= 0.6 is 0 Å². The molecule has 1 aromatic rings. The Labute approximate surface area is 108 Å². The van der Waals surface area contributed by atoms with E-state index in [0.29, 0.717) is 12.5 Å². The molecule has 1 aliphatic rings. The van der Waals surface area contributed by atoms with Gasteiger partial charge in [0, 0.05) is 24.3 Å². The number of ketones is 1. The topological polar surface area (TPSA) is 55.6 Å². The maximum absolute atomic E-state index is 11.4. The number of nitrogens with two attached hydrogens (primary N) is 1. The number of carbonyl (C=O) groups is 1. The van der Waals surface area contributed by atoms with Crippen LogP contribution in [-0.2, 0) is 4.84 Å². The quantitative estimate of drug-likeness (QED) is 0.654. The number of benzene rings is 1. The average Bonchev–Trinajstić information content (AvgIpc) is 2.40. The Morgan fingerprint density at radius 1 is 1.44 bits per heavy atom. The van der Waals surface area contributed by atoms with Gasteiger partial charge in [0.1, 0.15) is 0 Å². The zero-order chi connectivity index (χ0) is 13.0. The molecule has 0 atom stereocenters. The molecule has 1 heterocycles. The molecule has 2 rings (SSSR count). The fourth-order valence-electron chi connectivity index (χ4n) is 2.42. The predicted molar refractivity (Wildman–Crippen MR) is 71.5 cm³/mol. The first-order chi connectivity index (χ1) is 8.70. The minimum Gasteiger partial charge on any atom is -0.371 e. The van der Waals surface area contributed by atoms with Crippen molar-refractivity contribution in [1.29, 1.82) is 0 Å². The Hall–Kier alpha value is -1.39. The zero-order valence-corrected chi connectivity index (χ0v) is 10.8. The molecule has 0 radical (unpaired) electrons. The van der Waals surface area contributed by atoms with Crippen molar-refractivity contribution in [3.63, 3.8) is 0 Å². The van der Waals surface area contributed by atoms with Gasteiger partial charge in [-0.25, -0.2) is 5.90 Å². The van der Waals surface area contributed by atoms with Gasteiger partial charge in [0.05, 0.1) is 6.61 Å². The van der Waals surface area contributed by atoms with Gasteiger partial charge in [-0.15, -0.1) is 0 Å². The molecule has 0 aliphatic carbocycles. The van der Waals surface area contributed by atoms with E-state index < -0.39 is 0 Å². The Morgan fingerprint density at radius 2 is 2.17 bits per heavy atom. The van der Waals surface area contributed by atoms with Crippen LogP contribution in [0.1, 0.15) is 30.1 Å². The van der Waals surface area contributed by atoms with Gasteiger partial charge in [0.2, 0.25) is 0 Å². The van der Waals surface area contributed by atoms with E-state index in [4.69, 9.17) is 10.7 Å². The lowest BCUT2D eigenvalue weighted by Crippen LogP contribution is -2.35. The smallest absolute Gasteiger partial charge is 0.159 e. The lowest BCUT2D eigenvalue weighted by Gasteiger charge is -2.33. The molecule has 0 aromatic heterocycles. The van der Waals surface area contributed by atoms with E-state index in [2.05, 4.69) is 11.0 Å². The number of rotatable bonds is 4. The molecular weight excluding hydrogens is 228 g/mol. The summed E-state index contributed by atoms with van der Waals surface area (Å²) in [6.45, 7) is 4.23. The van der Waals surface area contributed by atoms with Crippen molar-refractivity contribution in [3.05, 3.63) is 29.8 Å². The van der Waals surface area contributed by atoms with E-state index >= 15 is 0 Å². The molecule has 1 aliphatic heterocycles. The first-order valence-corrected chi connectivity index (χ1v) is 6.38. The largest absolute Gasteiger partial charge is 0.371 e. The van der Waals surface area contributed by atoms with Crippen molar-refractivity contribution in [1.82, 2.24) is 0 Å². The Kier molecular flexibility index (Phi) is 4.33. The monoisotopic (exact) mass is 248 g/mol. The van der Waals surface area contributed by atoms with Gasteiger partial charge in [0.15, 0.2) is 5.78 Å². The average molecular weight is 248 g/mol. The molecule has 0 bridgehead atoms. The van der Waals surface area contributed by atoms with Crippen molar-refractivity contribution >= 4 is 11.5 Å². The highest BCUT2D eigenvalue weighted by Crippen LogP contribution is 2.24. The Morgan fingerprint density at radius 3 is 2.78 bits per heavy atom.